The van der Waals surface area contributed by atoms with Crippen LogP contribution in [0, 0.1) is 0 Å². The number of unbranched alkanes of at least 4 members (excludes halogenated alkanes) is 4. The van der Waals surface area contributed by atoms with Gasteiger partial charge in [0, 0.05) is 19.6 Å². The number of amides is 1. The van der Waals surface area contributed by atoms with Crippen LogP contribution >= 0.6 is 0 Å². The number of nitrogens with one attached hydrogen (secondary N) is 1. The summed E-state index contributed by atoms with van der Waals surface area (Å²) in [5, 5.41) is 11.3. The van der Waals surface area contributed by atoms with Crippen LogP contribution in [0.25, 0.3) is 0 Å². The van der Waals surface area contributed by atoms with Crippen molar-refractivity contribution in [2.45, 2.75) is 51.9 Å². The predicted molar refractivity (Wildman–Crippen MR) is 58.1 cm³/mol. The second kappa shape index (κ2) is 10.5. The SMILES string of the molecule is CCCCCCCC(=O)NCCCO. The third-order valence-electron chi connectivity index (χ3n) is 2.16. The van der Waals surface area contributed by atoms with Gasteiger partial charge in [0.15, 0.2) is 0 Å². The van der Waals surface area contributed by atoms with Gasteiger partial charge in [0.1, 0.15) is 0 Å². The highest BCUT2D eigenvalue weighted by atomic mass is 16.3. The average Bonchev–Trinajstić information content (AvgIpc) is 2.18. The van der Waals surface area contributed by atoms with Crippen LogP contribution in [0.1, 0.15) is 51.9 Å². The number of rotatable bonds is 9. The fraction of sp³-hybridized carbons (Fsp3) is 0.909. The summed E-state index contributed by atoms with van der Waals surface area (Å²) < 4.78 is 0. The van der Waals surface area contributed by atoms with Gasteiger partial charge in [-0.1, -0.05) is 32.6 Å². The molecule has 0 aliphatic carbocycles. The first-order chi connectivity index (χ1) is 6.81. The van der Waals surface area contributed by atoms with Gasteiger partial charge in [-0.3, -0.25) is 4.79 Å². The average molecular weight is 201 g/mol. The van der Waals surface area contributed by atoms with E-state index in [0.29, 0.717) is 19.4 Å². The van der Waals surface area contributed by atoms with Gasteiger partial charge < -0.3 is 10.4 Å². The largest absolute Gasteiger partial charge is 0.396 e. The maximum atomic E-state index is 11.2. The van der Waals surface area contributed by atoms with Gasteiger partial charge >= 0.3 is 0 Å². The van der Waals surface area contributed by atoms with Gasteiger partial charge in [-0.2, -0.15) is 0 Å². The van der Waals surface area contributed by atoms with E-state index in [1.807, 2.05) is 0 Å². The Bertz CT molecular complexity index is 137. The van der Waals surface area contributed by atoms with Crippen molar-refractivity contribution in [3.05, 3.63) is 0 Å². The molecule has 0 saturated carbocycles. The van der Waals surface area contributed by atoms with Gasteiger partial charge in [0.05, 0.1) is 0 Å². The molecule has 3 heteroatoms. The summed E-state index contributed by atoms with van der Waals surface area (Å²) in [6.45, 7) is 2.93. The van der Waals surface area contributed by atoms with Gasteiger partial charge in [0.2, 0.25) is 5.91 Å². The number of carbonyl (C=O) groups is 1. The summed E-state index contributed by atoms with van der Waals surface area (Å²) in [4.78, 5) is 11.2. The fourth-order valence-electron chi connectivity index (χ4n) is 1.28. The number of hydrogen-bond acceptors (Lipinski definition) is 2. The Hall–Kier alpha value is -0.570. The van der Waals surface area contributed by atoms with Crippen LogP contribution in [0.15, 0.2) is 0 Å². The maximum absolute atomic E-state index is 11.2. The molecule has 0 aromatic carbocycles. The van der Waals surface area contributed by atoms with E-state index in [9.17, 15) is 4.79 Å². The third kappa shape index (κ3) is 9.52. The van der Waals surface area contributed by atoms with E-state index in [1.165, 1.54) is 19.3 Å². The van der Waals surface area contributed by atoms with E-state index >= 15 is 0 Å². The van der Waals surface area contributed by atoms with Crippen LogP contribution in [0.3, 0.4) is 0 Å². The second-order valence-electron chi connectivity index (χ2n) is 3.59. The molecule has 0 aromatic rings. The van der Waals surface area contributed by atoms with Crippen molar-refractivity contribution in [2.75, 3.05) is 13.2 Å². The summed E-state index contributed by atoms with van der Waals surface area (Å²) in [5.74, 6) is 0.120. The number of aliphatic hydroxyl groups excluding tert-OH is 1. The Morgan fingerprint density at radius 3 is 2.50 bits per heavy atom. The lowest BCUT2D eigenvalue weighted by molar-refractivity contribution is -0.121. The normalized spacial score (nSPS) is 10.1. The Kier molecular flexibility index (Phi) is 10.1. The molecule has 0 rings (SSSR count). The molecule has 1 amide bonds. The zero-order chi connectivity index (χ0) is 10.6. The Balaban J connectivity index is 3.10. The summed E-state index contributed by atoms with van der Waals surface area (Å²) in [7, 11) is 0. The minimum Gasteiger partial charge on any atom is -0.396 e. The molecule has 0 atom stereocenters. The Labute approximate surface area is 86.9 Å². The molecule has 0 spiro atoms. The Morgan fingerprint density at radius 1 is 1.14 bits per heavy atom. The molecule has 0 aliphatic heterocycles. The highest BCUT2D eigenvalue weighted by molar-refractivity contribution is 5.75. The van der Waals surface area contributed by atoms with E-state index < -0.39 is 0 Å². The summed E-state index contributed by atoms with van der Waals surface area (Å²) in [6, 6.07) is 0. The lowest BCUT2D eigenvalue weighted by Crippen LogP contribution is -2.24. The fourth-order valence-corrected chi connectivity index (χ4v) is 1.28. The molecule has 0 saturated heterocycles. The minimum atomic E-state index is 0.120. The molecular formula is C11H23NO2. The van der Waals surface area contributed by atoms with Gasteiger partial charge in [-0.05, 0) is 12.8 Å². The molecule has 2 N–H and O–H groups in total. The summed E-state index contributed by atoms with van der Waals surface area (Å²) >= 11 is 0. The van der Waals surface area contributed by atoms with Gasteiger partial charge in [0.25, 0.3) is 0 Å². The van der Waals surface area contributed by atoms with Crippen molar-refractivity contribution in [1.82, 2.24) is 5.32 Å². The molecule has 0 fully saturated rings. The van der Waals surface area contributed by atoms with Gasteiger partial charge in [-0.25, -0.2) is 0 Å². The summed E-state index contributed by atoms with van der Waals surface area (Å²) in [6.07, 6.45) is 7.18. The lowest BCUT2D eigenvalue weighted by Gasteiger charge is -2.03. The summed E-state index contributed by atoms with van der Waals surface area (Å²) in [5.41, 5.74) is 0. The van der Waals surface area contributed by atoms with Crippen LogP contribution in [0.2, 0.25) is 0 Å². The smallest absolute Gasteiger partial charge is 0.219 e. The third-order valence-corrected chi connectivity index (χ3v) is 2.16. The van der Waals surface area contributed by atoms with Crippen molar-refractivity contribution in [3.63, 3.8) is 0 Å². The Morgan fingerprint density at radius 2 is 1.86 bits per heavy atom. The van der Waals surface area contributed by atoms with Crippen molar-refractivity contribution < 1.29 is 9.90 Å². The first-order valence-corrected chi connectivity index (χ1v) is 5.68. The topological polar surface area (TPSA) is 49.3 Å². The highest BCUT2D eigenvalue weighted by Crippen LogP contribution is 2.04. The molecule has 0 aromatic heterocycles. The van der Waals surface area contributed by atoms with Crippen molar-refractivity contribution >= 4 is 5.91 Å². The van der Waals surface area contributed by atoms with Crippen LogP contribution in [0.4, 0.5) is 0 Å². The van der Waals surface area contributed by atoms with Gasteiger partial charge in [-0.15, -0.1) is 0 Å². The standard InChI is InChI=1S/C11H23NO2/c1-2-3-4-5-6-8-11(14)12-9-7-10-13/h13H,2-10H2,1H3,(H,12,14). The van der Waals surface area contributed by atoms with Crippen LogP contribution in [0.5, 0.6) is 0 Å². The number of carbonyl (C=O) groups excluding carboxylic acids is 1. The number of aliphatic hydroxyl groups is 1. The molecule has 3 nitrogen and oxygen atoms in total. The van der Waals surface area contributed by atoms with E-state index in [2.05, 4.69) is 12.2 Å². The van der Waals surface area contributed by atoms with E-state index in [0.717, 1.165) is 12.8 Å². The zero-order valence-electron chi connectivity index (χ0n) is 9.22. The number of hydrogen-bond donors (Lipinski definition) is 2. The second-order valence-corrected chi connectivity index (χ2v) is 3.59. The molecule has 0 radical (unpaired) electrons. The highest BCUT2D eigenvalue weighted by Gasteiger charge is 1.99. The van der Waals surface area contributed by atoms with E-state index in [1.54, 1.807) is 0 Å². The minimum absolute atomic E-state index is 0.120. The molecule has 14 heavy (non-hydrogen) atoms. The quantitative estimate of drug-likeness (QED) is 0.559. The molecule has 0 heterocycles. The van der Waals surface area contributed by atoms with Crippen LogP contribution in [-0.2, 0) is 4.79 Å². The van der Waals surface area contributed by atoms with E-state index in [-0.39, 0.29) is 12.5 Å². The zero-order valence-corrected chi connectivity index (χ0v) is 9.22. The lowest BCUT2D eigenvalue weighted by atomic mass is 10.1. The monoisotopic (exact) mass is 201 g/mol. The molecule has 84 valence electrons. The first-order valence-electron chi connectivity index (χ1n) is 5.68. The molecule has 0 bridgehead atoms. The predicted octanol–water partition coefficient (Wildman–Crippen LogP) is 1.85. The van der Waals surface area contributed by atoms with Crippen LogP contribution < -0.4 is 5.32 Å². The van der Waals surface area contributed by atoms with Crippen molar-refractivity contribution in [1.29, 1.82) is 0 Å². The molecule has 0 unspecified atom stereocenters. The van der Waals surface area contributed by atoms with E-state index in [4.69, 9.17) is 5.11 Å². The molecule has 0 aliphatic rings. The van der Waals surface area contributed by atoms with Crippen molar-refractivity contribution in [3.8, 4) is 0 Å². The first kappa shape index (κ1) is 13.4. The maximum Gasteiger partial charge on any atom is 0.219 e. The molecular weight excluding hydrogens is 178 g/mol. The van der Waals surface area contributed by atoms with Crippen LogP contribution in [-0.4, -0.2) is 24.2 Å². The van der Waals surface area contributed by atoms with Crippen molar-refractivity contribution in [2.24, 2.45) is 0 Å².